The molecule has 110 valence electrons. The largest absolute Gasteiger partial charge is 0.151 e. The smallest absolute Gasteiger partial charge is 0.0992 e. The fourth-order valence-electron chi connectivity index (χ4n) is 1.98. The molecule has 0 N–H and O–H groups in total. The number of thioether (sulfide) groups is 1. The zero-order valence-corrected chi connectivity index (χ0v) is 13.4. The third-order valence-electron chi connectivity index (χ3n) is 3.15. The summed E-state index contributed by atoms with van der Waals surface area (Å²) >= 11 is 1.88. The van der Waals surface area contributed by atoms with Crippen molar-refractivity contribution in [3.63, 3.8) is 0 Å². The van der Waals surface area contributed by atoms with Crippen LogP contribution in [0.3, 0.4) is 0 Å². The zero-order chi connectivity index (χ0) is 14.8. The lowest BCUT2D eigenvalue weighted by Gasteiger charge is -2.04. The van der Waals surface area contributed by atoms with Crippen molar-refractivity contribution in [3.05, 3.63) is 54.6 Å². The molecule has 0 amide bonds. The minimum Gasteiger partial charge on any atom is -0.151 e. The highest BCUT2D eigenvalue weighted by atomic mass is 32.2. The first-order valence-corrected chi connectivity index (χ1v) is 8.57. The van der Waals surface area contributed by atoms with E-state index in [1.807, 2.05) is 54.2 Å². The van der Waals surface area contributed by atoms with Gasteiger partial charge in [-0.3, -0.25) is 0 Å². The van der Waals surface area contributed by atoms with Gasteiger partial charge in [-0.05, 0) is 36.4 Å². The molecule has 0 spiro atoms. The highest BCUT2D eigenvalue weighted by Gasteiger charge is 2.01. The van der Waals surface area contributed by atoms with E-state index in [2.05, 4.69) is 29.3 Å². The van der Waals surface area contributed by atoms with Crippen LogP contribution in [0.25, 0.3) is 0 Å². The Hall–Kier alpha value is -1.61. The maximum absolute atomic E-state index is 4.40. The van der Waals surface area contributed by atoms with Crippen LogP contribution >= 0.6 is 11.8 Å². The molecule has 3 heteroatoms. The number of unbranched alkanes of at least 4 members (excludes halogenated alkanes) is 3. The summed E-state index contributed by atoms with van der Waals surface area (Å²) in [5, 5.41) is 8.70. The highest BCUT2D eigenvalue weighted by molar-refractivity contribution is 7.99. The molecule has 2 rings (SSSR count). The average Bonchev–Trinajstić information content (AvgIpc) is 2.55. The summed E-state index contributed by atoms with van der Waals surface area (Å²) < 4.78 is 0. The van der Waals surface area contributed by atoms with Crippen LogP contribution in [-0.4, -0.2) is 5.75 Å². The third kappa shape index (κ3) is 5.72. The molecular weight excluding hydrogens is 276 g/mol. The fraction of sp³-hybridized carbons (Fsp3) is 0.333. The molecule has 0 saturated heterocycles. The first-order chi connectivity index (χ1) is 10.4. The first-order valence-electron chi connectivity index (χ1n) is 7.59. The molecule has 0 aliphatic heterocycles. The Morgan fingerprint density at radius 2 is 1.57 bits per heavy atom. The van der Waals surface area contributed by atoms with Gasteiger partial charge in [-0.25, -0.2) is 0 Å². The van der Waals surface area contributed by atoms with Crippen molar-refractivity contribution in [2.75, 3.05) is 5.75 Å². The van der Waals surface area contributed by atoms with Crippen molar-refractivity contribution >= 4 is 23.1 Å². The van der Waals surface area contributed by atoms with Crippen LogP contribution in [0, 0.1) is 0 Å². The minimum atomic E-state index is 0.889. The van der Waals surface area contributed by atoms with Crippen molar-refractivity contribution in [2.24, 2.45) is 10.2 Å². The van der Waals surface area contributed by atoms with Crippen LogP contribution in [0.2, 0.25) is 0 Å². The maximum atomic E-state index is 4.40. The minimum absolute atomic E-state index is 0.889. The van der Waals surface area contributed by atoms with Crippen molar-refractivity contribution in [1.82, 2.24) is 0 Å². The lowest BCUT2D eigenvalue weighted by atomic mass is 10.2. The predicted molar refractivity (Wildman–Crippen MR) is 91.9 cm³/mol. The van der Waals surface area contributed by atoms with Crippen molar-refractivity contribution < 1.29 is 0 Å². The van der Waals surface area contributed by atoms with E-state index in [1.165, 1.54) is 30.6 Å². The molecule has 0 fully saturated rings. The van der Waals surface area contributed by atoms with Crippen LogP contribution < -0.4 is 0 Å². The van der Waals surface area contributed by atoms with Crippen LogP contribution in [0.5, 0.6) is 0 Å². The van der Waals surface area contributed by atoms with E-state index < -0.39 is 0 Å². The normalized spacial score (nSPS) is 11.1. The third-order valence-corrected chi connectivity index (χ3v) is 4.30. The first kappa shape index (κ1) is 15.8. The van der Waals surface area contributed by atoms with Gasteiger partial charge in [0.15, 0.2) is 0 Å². The second kappa shape index (κ2) is 9.35. The molecule has 0 atom stereocenters. The summed E-state index contributed by atoms with van der Waals surface area (Å²) in [7, 11) is 0. The lowest BCUT2D eigenvalue weighted by Crippen LogP contribution is -1.81. The van der Waals surface area contributed by atoms with Gasteiger partial charge < -0.3 is 0 Å². The molecule has 0 aliphatic carbocycles. The van der Waals surface area contributed by atoms with Crippen LogP contribution in [-0.2, 0) is 0 Å². The van der Waals surface area contributed by atoms with Gasteiger partial charge in [0.2, 0.25) is 0 Å². The van der Waals surface area contributed by atoms with Gasteiger partial charge >= 0.3 is 0 Å². The molecular formula is C18H22N2S. The number of benzene rings is 2. The van der Waals surface area contributed by atoms with E-state index >= 15 is 0 Å². The highest BCUT2D eigenvalue weighted by Crippen LogP contribution is 2.31. The molecule has 0 saturated carbocycles. The van der Waals surface area contributed by atoms with Crippen molar-refractivity contribution in [2.45, 2.75) is 37.5 Å². The molecule has 21 heavy (non-hydrogen) atoms. The number of rotatable bonds is 8. The molecule has 0 unspecified atom stereocenters. The molecule has 2 nitrogen and oxygen atoms in total. The number of hydrogen-bond donors (Lipinski definition) is 0. The second-order valence-electron chi connectivity index (χ2n) is 4.91. The second-order valence-corrected chi connectivity index (χ2v) is 6.05. The standard InChI is InChI=1S/C18H22N2S/c1-2-3-4-10-15-21-18-14-9-8-13-17(18)20-19-16-11-6-5-7-12-16/h5-9,11-14H,2-4,10,15H2,1H3. The van der Waals surface area contributed by atoms with Gasteiger partial charge in [0.25, 0.3) is 0 Å². The Balaban J connectivity index is 1.95. The predicted octanol–water partition coefficient (Wildman–Crippen LogP) is 6.77. The molecule has 2 aromatic rings. The van der Waals surface area contributed by atoms with Crippen LogP contribution in [0.1, 0.15) is 32.6 Å². The van der Waals surface area contributed by atoms with E-state index in [4.69, 9.17) is 0 Å². The Morgan fingerprint density at radius 3 is 2.38 bits per heavy atom. The summed E-state index contributed by atoms with van der Waals surface area (Å²) in [6.45, 7) is 2.24. The number of nitrogens with zero attached hydrogens (tertiary/aromatic N) is 2. The molecule has 0 bridgehead atoms. The maximum Gasteiger partial charge on any atom is 0.0992 e. The number of azo groups is 1. The SMILES string of the molecule is CCCCCCSc1ccccc1N=Nc1ccccc1. The molecule has 0 heterocycles. The molecule has 2 aromatic carbocycles. The quantitative estimate of drug-likeness (QED) is 0.299. The van der Waals surface area contributed by atoms with Crippen LogP contribution in [0.4, 0.5) is 11.4 Å². The lowest BCUT2D eigenvalue weighted by molar-refractivity contribution is 0.706. The number of hydrogen-bond acceptors (Lipinski definition) is 3. The monoisotopic (exact) mass is 298 g/mol. The summed E-state index contributed by atoms with van der Waals surface area (Å²) in [6, 6.07) is 18.1. The van der Waals surface area contributed by atoms with Crippen molar-refractivity contribution in [1.29, 1.82) is 0 Å². The van der Waals surface area contributed by atoms with E-state index in [9.17, 15) is 0 Å². The van der Waals surface area contributed by atoms with Gasteiger partial charge in [0.1, 0.15) is 0 Å². The van der Waals surface area contributed by atoms with E-state index in [0.717, 1.165) is 17.1 Å². The topological polar surface area (TPSA) is 24.7 Å². The summed E-state index contributed by atoms with van der Waals surface area (Å²) in [4.78, 5) is 1.22. The summed E-state index contributed by atoms with van der Waals surface area (Å²) in [5.41, 5.74) is 1.85. The Bertz CT molecular complexity index is 552. The molecule has 0 aromatic heterocycles. The average molecular weight is 298 g/mol. The summed E-state index contributed by atoms with van der Waals surface area (Å²) in [6.07, 6.45) is 5.20. The Kier molecular flexibility index (Phi) is 7.02. The van der Waals surface area contributed by atoms with E-state index in [-0.39, 0.29) is 0 Å². The van der Waals surface area contributed by atoms with E-state index in [1.54, 1.807) is 0 Å². The zero-order valence-electron chi connectivity index (χ0n) is 12.5. The van der Waals surface area contributed by atoms with E-state index in [0.29, 0.717) is 0 Å². The van der Waals surface area contributed by atoms with Gasteiger partial charge in [-0.15, -0.1) is 16.9 Å². The molecule has 0 aliphatic rings. The molecule has 0 radical (unpaired) electrons. The van der Waals surface area contributed by atoms with Gasteiger partial charge in [-0.2, -0.15) is 5.11 Å². The van der Waals surface area contributed by atoms with Gasteiger partial charge in [0.05, 0.1) is 11.4 Å². The van der Waals surface area contributed by atoms with Gasteiger partial charge in [-0.1, -0.05) is 56.5 Å². The van der Waals surface area contributed by atoms with Gasteiger partial charge in [0, 0.05) is 4.90 Å². The Labute approximate surface area is 131 Å². The fourth-order valence-corrected chi connectivity index (χ4v) is 2.98. The Morgan fingerprint density at radius 1 is 0.810 bits per heavy atom. The van der Waals surface area contributed by atoms with Crippen molar-refractivity contribution in [3.8, 4) is 0 Å². The summed E-state index contributed by atoms with van der Waals surface area (Å²) in [5.74, 6) is 1.15. The van der Waals surface area contributed by atoms with Crippen LogP contribution in [0.15, 0.2) is 69.7 Å².